The number of fused-ring (bicyclic) bond motifs is 1. The Kier molecular flexibility index (Phi) is 4.78. The molecule has 2 aromatic rings. The van der Waals surface area contributed by atoms with Gasteiger partial charge in [-0.1, -0.05) is 45.0 Å². The first-order chi connectivity index (χ1) is 10.0. The van der Waals surface area contributed by atoms with Crippen molar-refractivity contribution < 1.29 is 4.79 Å². The average molecular weight is 285 g/mol. The van der Waals surface area contributed by atoms with Gasteiger partial charge in [0.2, 0.25) is 0 Å². The van der Waals surface area contributed by atoms with Gasteiger partial charge >= 0.3 is 0 Å². The molecule has 0 radical (unpaired) electrons. The van der Waals surface area contributed by atoms with Crippen molar-refractivity contribution in [2.75, 3.05) is 18.9 Å². The number of nitrogens with one attached hydrogen (secondary N) is 2. The summed E-state index contributed by atoms with van der Waals surface area (Å²) < 4.78 is 0. The molecule has 0 aliphatic rings. The predicted octanol–water partition coefficient (Wildman–Crippen LogP) is 3.30. The Balaban J connectivity index is 2.23. The number of aromatic nitrogens is 1. The quantitative estimate of drug-likeness (QED) is 0.886. The van der Waals surface area contributed by atoms with E-state index < -0.39 is 0 Å². The molecule has 1 unspecified atom stereocenters. The second-order valence-corrected chi connectivity index (χ2v) is 5.76. The summed E-state index contributed by atoms with van der Waals surface area (Å²) in [6.07, 6.45) is 0. The van der Waals surface area contributed by atoms with Gasteiger partial charge in [0.1, 0.15) is 11.5 Å². The number of rotatable bonds is 5. The number of hydrogen-bond donors (Lipinski definition) is 2. The zero-order chi connectivity index (χ0) is 15.4. The minimum atomic E-state index is -0.121. The molecule has 1 heterocycles. The zero-order valence-electron chi connectivity index (χ0n) is 13.1. The van der Waals surface area contributed by atoms with Crippen molar-refractivity contribution in [2.45, 2.75) is 20.8 Å². The van der Waals surface area contributed by atoms with E-state index in [1.165, 1.54) is 0 Å². The highest BCUT2D eigenvalue weighted by molar-refractivity contribution is 6.00. The summed E-state index contributed by atoms with van der Waals surface area (Å²) in [7, 11) is 1.82. The number of nitrogens with zero attached hydrogens (tertiary/aromatic N) is 1. The summed E-state index contributed by atoms with van der Waals surface area (Å²) in [5, 5.41) is 8.06. The molecule has 0 bridgehead atoms. The number of benzene rings is 1. The number of amides is 1. The molecule has 0 fully saturated rings. The Morgan fingerprint density at radius 3 is 2.62 bits per heavy atom. The van der Waals surface area contributed by atoms with Gasteiger partial charge in [0.05, 0.1) is 0 Å². The van der Waals surface area contributed by atoms with E-state index in [0.29, 0.717) is 24.1 Å². The maximum atomic E-state index is 12.3. The molecule has 2 N–H and O–H groups in total. The third-order valence-electron chi connectivity index (χ3n) is 3.93. The van der Waals surface area contributed by atoms with Crippen LogP contribution in [0.1, 0.15) is 31.3 Å². The molecular weight excluding hydrogens is 262 g/mol. The molecule has 4 heteroatoms. The van der Waals surface area contributed by atoms with Crippen molar-refractivity contribution in [3.63, 3.8) is 0 Å². The Hall–Kier alpha value is -2.10. The molecule has 2 rings (SSSR count). The monoisotopic (exact) mass is 285 g/mol. The first-order valence-electron chi connectivity index (χ1n) is 7.38. The predicted molar refractivity (Wildman–Crippen MR) is 87.6 cm³/mol. The fourth-order valence-electron chi connectivity index (χ4n) is 2.09. The fraction of sp³-hybridized carbons (Fsp3) is 0.412. The lowest BCUT2D eigenvalue weighted by molar-refractivity contribution is 0.0940. The first-order valence-corrected chi connectivity index (χ1v) is 7.38. The largest absolute Gasteiger partial charge is 0.373 e. The first kappa shape index (κ1) is 15.3. The maximum Gasteiger partial charge on any atom is 0.270 e. The fourth-order valence-corrected chi connectivity index (χ4v) is 2.09. The van der Waals surface area contributed by atoms with E-state index >= 15 is 0 Å². The van der Waals surface area contributed by atoms with Crippen LogP contribution in [0.2, 0.25) is 0 Å². The van der Waals surface area contributed by atoms with Crippen molar-refractivity contribution >= 4 is 22.5 Å². The second-order valence-electron chi connectivity index (χ2n) is 5.76. The van der Waals surface area contributed by atoms with Crippen LogP contribution >= 0.6 is 0 Å². The van der Waals surface area contributed by atoms with Crippen LogP contribution in [0.15, 0.2) is 30.3 Å². The zero-order valence-corrected chi connectivity index (χ0v) is 13.1. The molecule has 0 saturated carbocycles. The molecule has 1 amide bonds. The van der Waals surface area contributed by atoms with E-state index in [2.05, 4.69) is 36.4 Å². The lowest BCUT2D eigenvalue weighted by Crippen LogP contribution is -2.30. The molecule has 1 aromatic heterocycles. The molecule has 1 aromatic carbocycles. The topological polar surface area (TPSA) is 54.0 Å². The van der Waals surface area contributed by atoms with Gasteiger partial charge in [-0.15, -0.1) is 0 Å². The third-order valence-corrected chi connectivity index (χ3v) is 3.93. The smallest absolute Gasteiger partial charge is 0.270 e. The van der Waals surface area contributed by atoms with Crippen LogP contribution in [0.25, 0.3) is 10.8 Å². The number of hydrogen-bond acceptors (Lipinski definition) is 3. The van der Waals surface area contributed by atoms with Crippen LogP contribution in [0.5, 0.6) is 0 Å². The maximum absolute atomic E-state index is 12.3. The van der Waals surface area contributed by atoms with Gasteiger partial charge in [0.15, 0.2) is 0 Å². The van der Waals surface area contributed by atoms with E-state index in [1.54, 1.807) is 0 Å². The Morgan fingerprint density at radius 1 is 1.24 bits per heavy atom. The highest BCUT2D eigenvalue weighted by Crippen LogP contribution is 2.22. The van der Waals surface area contributed by atoms with Crippen molar-refractivity contribution in [1.82, 2.24) is 10.3 Å². The van der Waals surface area contributed by atoms with Crippen molar-refractivity contribution in [3.05, 3.63) is 36.0 Å². The van der Waals surface area contributed by atoms with Gasteiger partial charge in [-0.05, 0) is 23.3 Å². The Labute approximate surface area is 126 Å². The molecule has 0 aliphatic heterocycles. The average Bonchev–Trinajstić information content (AvgIpc) is 2.50. The SMILES string of the molecule is CNc1nc(C(=O)NCC(C)C(C)C)cc2ccccc12. The van der Waals surface area contributed by atoms with Gasteiger partial charge in [-0.2, -0.15) is 0 Å². The highest BCUT2D eigenvalue weighted by atomic mass is 16.1. The van der Waals surface area contributed by atoms with E-state index in [9.17, 15) is 4.79 Å². The third kappa shape index (κ3) is 3.51. The van der Waals surface area contributed by atoms with Crippen LogP contribution in [0, 0.1) is 11.8 Å². The summed E-state index contributed by atoms with van der Waals surface area (Å²) in [5.74, 6) is 1.60. The Bertz CT molecular complexity index is 637. The molecular formula is C17H23N3O. The van der Waals surface area contributed by atoms with E-state index in [1.807, 2.05) is 37.4 Å². The van der Waals surface area contributed by atoms with Crippen LogP contribution in [0.3, 0.4) is 0 Å². The standard InChI is InChI=1S/C17H23N3O/c1-11(2)12(3)10-19-17(21)15-9-13-7-5-6-8-14(13)16(18-4)20-15/h5-9,11-12H,10H2,1-4H3,(H,18,20)(H,19,21). The van der Waals surface area contributed by atoms with Crippen LogP contribution in [-0.2, 0) is 0 Å². The number of anilines is 1. The van der Waals surface area contributed by atoms with Gasteiger partial charge in [0, 0.05) is 19.0 Å². The highest BCUT2D eigenvalue weighted by Gasteiger charge is 2.13. The summed E-state index contributed by atoms with van der Waals surface area (Å²) >= 11 is 0. The van der Waals surface area contributed by atoms with Crippen LogP contribution in [0.4, 0.5) is 5.82 Å². The van der Waals surface area contributed by atoms with E-state index in [0.717, 1.165) is 16.6 Å². The molecule has 21 heavy (non-hydrogen) atoms. The number of carbonyl (C=O) groups is 1. The number of carbonyl (C=O) groups excluding carboxylic acids is 1. The van der Waals surface area contributed by atoms with E-state index in [-0.39, 0.29) is 5.91 Å². The normalized spacial score (nSPS) is 12.4. The van der Waals surface area contributed by atoms with Crippen LogP contribution in [-0.4, -0.2) is 24.5 Å². The molecule has 1 atom stereocenters. The number of pyridine rings is 1. The van der Waals surface area contributed by atoms with Crippen molar-refractivity contribution in [2.24, 2.45) is 11.8 Å². The Morgan fingerprint density at radius 2 is 1.95 bits per heavy atom. The molecule has 4 nitrogen and oxygen atoms in total. The summed E-state index contributed by atoms with van der Waals surface area (Å²) in [5.41, 5.74) is 0.453. The lowest BCUT2D eigenvalue weighted by atomic mass is 9.98. The van der Waals surface area contributed by atoms with Gasteiger partial charge in [-0.25, -0.2) is 4.98 Å². The second kappa shape index (κ2) is 6.57. The van der Waals surface area contributed by atoms with Gasteiger partial charge in [-0.3, -0.25) is 4.79 Å². The molecule has 0 spiro atoms. The molecule has 0 aliphatic carbocycles. The summed E-state index contributed by atoms with van der Waals surface area (Å²) in [6, 6.07) is 9.76. The summed E-state index contributed by atoms with van der Waals surface area (Å²) in [6.45, 7) is 7.12. The van der Waals surface area contributed by atoms with Crippen LogP contribution < -0.4 is 10.6 Å². The van der Waals surface area contributed by atoms with Crippen molar-refractivity contribution in [3.8, 4) is 0 Å². The summed E-state index contributed by atoms with van der Waals surface area (Å²) in [4.78, 5) is 16.7. The molecule has 112 valence electrons. The lowest BCUT2D eigenvalue weighted by Gasteiger charge is -2.16. The van der Waals surface area contributed by atoms with Crippen molar-refractivity contribution in [1.29, 1.82) is 0 Å². The minimum absolute atomic E-state index is 0.121. The van der Waals surface area contributed by atoms with Gasteiger partial charge in [0.25, 0.3) is 5.91 Å². The van der Waals surface area contributed by atoms with E-state index in [4.69, 9.17) is 0 Å². The molecule has 0 saturated heterocycles. The minimum Gasteiger partial charge on any atom is -0.373 e. The van der Waals surface area contributed by atoms with Gasteiger partial charge < -0.3 is 10.6 Å².